The zero-order valence-electron chi connectivity index (χ0n) is 11.3. The van der Waals surface area contributed by atoms with E-state index >= 15 is 0 Å². The van der Waals surface area contributed by atoms with Gasteiger partial charge >= 0.3 is 0 Å². The van der Waals surface area contributed by atoms with Crippen molar-refractivity contribution in [2.45, 2.75) is 38.5 Å². The molecule has 0 N–H and O–H groups in total. The average Bonchev–Trinajstić information content (AvgIpc) is 2.45. The van der Waals surface area contributed by atoms with Crippen molar-refractivity contribution >= 4 is 5.91 Å². The standard InChI is InChI=1S/C15H18F3NO/c16-12-10-14(18)13(17)9-11(12)5-4-6-15(20)19-7-2-1-3-8-19/h9-10H,1-8H2. The van der Waals surface area contributed by atoms with Crippen molar-refractivity contribution in [2.24, 2.45) is 0 Å². The third-order valence-electron chi connectivity index (χ3n) is 3.63. The summed E-state index contributed by atoms with van der Waals surface area (Å²) in [6, 6.07) is 1.42. The zero-order valence-corrected chi connectivity index (χ0v) is 11.3. The summed E-state index contributed by atoms with van der Waals surface area (Å²) in [4.78, 5) is 13.7. The lowest BCUT2D eigenvalue weighted by Crippen LogP contribution is -2.35. The number of nitrogens with zero attached hydrogens (tertiary/aromatic N) is 1. The third kappa shape index (κ3) is 3.74. The SMILES string of the molecule is O=C(CCCc1cc(F)c(F)cc1F)N1CCCCC1. The van der Waals surface area contributed by atoms with E-state index < -0.39 is 17.5 Å². The Morgan fingerprint density at radius 2 is 1.65 bits per heavy atom. The van der Waals surface area contributed by atoms with E-state index in [4.69, 9.17) is 0 Å². The van der Waals surface area contributed by atoms with Crippen molar-refractivity contribution in [1.82, 2.24) is 4.90 Å². The average molecular weight is 285 g/mol. The number of carbonyl (C=O) groups excluding carboxylic acids is 1. The lowest BCUT2D eigenvalue weighted by atomic mass is 10.1. The van der Waals surface area contributed by atoms with Crippen LogP contribution in [-0.2, 0) is 11.2 Å². The normalized spacial score (nSPS) is 15.4. The molecule has 1 fully saturated rings. The lowest BCUT2D eigenvalue weighted by Gasteiger charge is -2.26. The number of aryl methyl sites for hydroxylation is 1. The maximum Gasteiger partial charge on any atom is 0.222 e. The molecule has 1 aromatic rings. The van der Waals surface area contributed by atoms with Crippen LogP contribution in [0.15, 0.2) is 12.1 Å². The number of carbonyl (C=O) groups is 1. The molecule has 1 amide bonds. The summed E-state index contributed by atoms with van der Waals surface area (Å²) >= 11 is 0. The van der Waals surface area contributed by atoms with Gasteiger partial charge in [-0.05, 0) is 43.7 Å². The molecule has 2 rings (SSSR count). The zero-order chi connectivity index (χ0) is 14.5. The number of halogens is 3. The third-order valence-corrected chi connectivity index (χ3v) is 3.63. The molecule has 5 heteroatoms. The number of likely N-dealkylation sites (tertiary alicyclic amines) is 1. The highest BCUT2D eigenvalue weighted by Gasteiger charge is 2.16. The molecule has 1 saturated heterocycles. The minimum Gasteiger partial charge on any atom is -0.343 e. The number of amides is 1. The Bertz CT molecular complexity index is 484. The van der Waals surface area contributed by atoms with Gasteiger partial charge in [0.05, 0.1) is 0 Å². The van der Waals surface area contributed by atoms with Gasteiger partial charge in [-0.2, -0.15) is 0 Å². The molecule has 0 aliphatic carbocycles. The maximum atomic E-state index is 13.4. The second-order valence-electron chi connectivity index (χ2n) is 5.15. The Morgan fingerprint density at radius 1 is 1.00 bits per heavy atom. The monoisotopic (exact) mass is 285 g/mol. The van der Waals surface area contributed by atoms with Gasteiger partial charge in [0.15, 0.2) is 11.6 Å². The summed E-state index contributed by atoms with van der Waals surface area (Å²) in [5.74, 6) is -2.93. The topological polar surface area (TPSA) is 20.3 Å². The Morgan fingerprint density at radius 3 is 2.35 bits per heavy atom. The molecule has 110 valence electrons. The van der Waals surface area contributed by atoms with Crippen LogP contribution in [0.4, 0.5) is 13.2 Å². The molecule has 0 aromatic heterocycles. The first-order chi connectivity index (χ1) is 9.58. The van der Waals surface area contributed by atoms with E-state index in [0.29, 0.717) is 18.9 Å². The van der Waals surface area contributed by atoms with Crippen LogP contribution in [0.25, 0.3) is 0 Å². The van der Waals surface area contributed by atoms with Crippen LogP contribution in [0.5, 0.6) is 0 Å². The van der Waals surface area contributed by atoms with Crippen LogP contribution in [0.2, 0.25) is 0 Å². The summed E-state index contributed by atoms with van der Waals surface area (Å²) in [6.07, 6.45) is 4.22. The van der Waals surface area contributed by atoms with Crippen LogP contribution in [-0.4, -0.2) is 23.9 Å². The predicted octanol–water partition coefficient (Wildman–Crippen LogP) is 3.44. The first-order valence-corrected chi connectivity index (χ1v) is 6.99. The van der Waals surface area contributed by atoms with Crippen molar-refractivity contribution in [3.8, 4) is 0 Å². The van der Waals surface area contributed by atoms with E-state index in [1.54, 1.807) is 0 Å². The van der Waals surface area contributed by atoms with Gasteiger partial charge < -0.3 is 4.90 Å². The van der Waals surface area contributed by atoms with Gasteiger partial charge in [-0.15, -0.1) is 0 Å². The number of piperidine rings is 1. The molecule has 0 spiro atoms. The summed E-state index contributed by atoms with van der Waals surface area (Å²) in [5.41, 5.74) is 0.121. The van der Waals surface area contributed by atoms with Crippen LogP contribution < -0.4 is 0 Å². The second-order valence-corrected chi connectivity index (χ2v) is 5.15. The van der Waals surface area contributed by atoms with Gasteiger partial charge in [0.25, 0.3) is 0 Å². The quantitative estimate of drug-likeness (QED) is 0.776. The molecule has 0 radical (unpaired) electrons. The summed E-state index contributed by atoms with van der Waals surface area (Å²) in [6.45, 7) is 1.58. The van der Waals surface area contributed by atoms with Crippen molar-refractivity contribution < 1.29 is 18.0 Å². The first-order valence-electron chi connectivity index (χ1n) is 6.99. The summed E-state index contributed by atoms with van der Waals surface area (Å²) < 4.78 is 39.2. The van der Waals surface area contributed by atoms with E-state index in [1.165, 1.54) is 0 Å². The highest BCUT2D eigenvalue weighted by atomic mass is 19.2. The molecule has 1 aliphatic heterocycles. The maximum absolute atomic E-state index is 13.4. The Kier molecular flexibility index (Phi) is 5.04. The smallest absolute Gasteiger partial charge is 0.222 e. The predicted molar refractivity (Wildman–Crippen MR) is 69.7 cm³/mol. The van der Waals surface area contributed by atoms with Gasteiger partial charge in [-0.25, -0.2) is 13.2 Å². The molecule has 2 nitrogen and oxygen atoms in total. The fraction of sp³-hybridized carbons (Fsp3) is 0.533. The molecule has 0 atom stereocenters. The van der Waals surface area contributed by atoms with Gasteiger partial charge in [-0.1, -0.05) is 0 Å². The largest absolute Gasteiger partial charge is 0.343 e. The van der Waals surface area contributed by atoms with Crippen LogP contribution in [0.1, 0.15) is 37.7 Å². The van der Waals surface area contributed by atoms with Crippen molar-refractivity contribution in [1.29, 1.82) is 0 Å². The molecule has 20 heavy (non-hydrogen) atoms. The molecular weight excluding hydrogens is 267 g/mol. The van der Waals surface area contributed by atoms with E-state index in [2.05, 4.69) is 0 Å². The molecule has 0 unspecified atom stereocenters. The van der Waals surface area contributed by atoms with Gasteiger partial charge in [0.1, 0.15) is 5.82 Å². The van der Waals surface area contributed by atoms with E-state index in [9.17, 15) is 18.0 Å². The molecular formula is C15H18F3NO. The van der Waals surface area contributed by atoms with Gasteiger partial charge in [0.2, 0.25) is 5.91 Å². The molecule has 0 saturated carbocycles. The number of hydrogen-bond donors (Lipinski definition) is 0. The first kappa shape index (κ1) is 14.9. The fourth-order valence-corrected chi connectivity index (χ4v) is 2.49. The molecule has 1 heterocycles. The van der Waals surface area contributed by atoms with Gasteiger partial charge in [-0.3, -0.25) is 4.79 Å². The minimum absolute atomic E-state index is 0.0627. The number of rotatable bonds is 4. The van der Waals surface area contributed by atoms with Crippen molar-refractivity contribution in [2.75, 3.05) is 13.1 Å². The van der Waals surface area contributed by atoms with Crippen molar-refractivity contribution in [3.63, 3.8) is 0 Å². The van der Waals surface area contributed by atoms with E-state index in [-0.39, 0.29) is 17.9 Å². The highest BCUT2D eigenvalue weighted by Crippen LogP contribution is 2.17. The highest BCUT2D eigenvalue weighted by molar-refractivity contribution is 5.76. The summed E-state index contributed by atoms with van der Waals surface area (Å²) in [7, 11) is 0. The number of benzene rings is 1. The lowest BCUT2D eigenvalue weighted by molar-refractivity contribution is -0.132. The van der Waals surface area contributed by atoms with Crippen molar-refractivity contribution in [3.05, 3.63) is 35.1 Å². The second kappa shape index (κ2) is 6.77. The minimum atomic E-state index is -1.18. The number of hydrogen-bond acceptors (Lipinski definition) is 1. The Hall–Kier alpha value is -1.52. The van der Waals surface area contributed by atoms with Crippen LogP contribution in [0.3, 0.4) is 0 Å². The summed E-state index contributed by atoms with van der Waals surface area (Å²) in [5, 5.41) is 0. The van der Waals surface area contributed by atoms with E-state index in [0.717, 1.165) is 38.4 Å². The Labute approximate surface area is 116 Å². The van der Waals surface area contributed by atoms with E-state index in [1.807, 2.05) is 4.90 Å². The molecule has 1 aliphatic rings. The fourth-order valence-electron chi connectivity index (χ4n) is 2.49. The molecule has 1 aromatic carbocycles. The van der Waals surface area contributed by atoms with Crippen LogP contribution in [0, 0.1) is 17.5 Å². The van der Waals surface area contributed by atoms with Crippen LogP contribution >= 0.6 is 0 Å². The Balaban J connectivity index is 1.83. The molecule has 0 bridgehead atoms. The van der Waals surface area contributed by atoms with Gasteiger partial charge in [0, 0.05) is 25.6 Å².